The highest BCUT2D eigenvalue weighted by atomic mass is 32.1. The normalized spacial score (nSPS) is 11.8. The highest BCUT2D eigenvalue weighted by molar-refractivity contribution is 7.25. The first-order valence-corrected chi connectivity index (χ1v) is 21.8. The van der Waals surface area contributed by atoms with E-state index in [9.17, 15) is 0 Å². The van der Waals surface area contributed by atoms with Gasteiger partial charge in [-0.15, -0.1) is 11.3 Å². The van der Waals surface area contributed by atoms with Crippen molar-refractivity contribution in [2.75, 3.05) is 0 Å². The van der Waals surface area contributed by atoms with Crippen LogP contribution in [0.25, 0.3) is 120 Å². The molecule has 0 aliphatic heterocycles. The summed E-state index contributed by atoms with van der Waals surface area (Å²) < 4.78 is 7.17. The summed E-state index contributed by atoms with van der Waals surface area (Å²) in [6.45, 7) is 0. The summed E-state index contributed by atoms with van der Waals surface area (Å²) in [5.74, 6) is 1.55. The Kier molecular flexibility index (Phi) is 7.98. The van der Waals surface area contributed by atoms with E-state index in [1.807, 2.05) is 42.1 Å². The molecule has 6 heterocycles. The van der Waals surface area contributed by atoms with E-state index >= 15 is 0 Å². The van der Waals surface area contributed by atoms with E-state index in [2.05, 4.69) is 190 Å². The minimum atomic E-state index is 0.683. The van der Waals surface area contributed by atoms with Gasteiger partial charge in [0.1, 0.15) is 5.82 Å². The highest BCUT2D eigenvalue weighted by Gasteiger charge is 2.19. The van der Waals surface area contributed by atoms with Crippen molar-refractivity contribution < 1.29 is 0 Å². The molecule has 294 valence electrons. The van der Waals surface area contributed by atoms with Gasteiger partial charge in [-0.2, -0.15) is 0 Å². The molecular weight excluding hydrogens is 789 g/mol. The molecule has 7 heteroatoms. The standard InChI is InChI=1S/C56H34N6S/c1-3-11-35(12-4-1)39-31-48(36-13-5-2-6-14-36)59-55(32-39)62-50-18-10-8-16-42(50)43-29-37(19-22-52(43)62)47-25-28-58-56(60-47)38-20-23-51-44(30-38)41-15-7-9-17-49(41)61(51)40-21-24-53-45(33-40)46-34-57-27-26-54(46)63-53/h1-34H. The first kappa shape index (κ1) is 35.5. The summed E-state index contributed by atoms with van der Waals surface area (Å²) in [7, 11) is 0. The predicted molar refractivity (Wildman–Crippen MR) is 261 cm³/mol. The van der Waals surface area contributed by atoms with Crippen LogP contribution < -0.4 is 0 Å². The number of pyridine rings is 2. The van der Waals surface area contributed by atoms with Gasteiger partial charge in [0.2, 0.25) is 0 Å². The second kappa shape index (κ2) is 14.2. The third kappa shape index (κ3) is 5.78. The lowest BCUT2D eigenvalue weighted by molar-refractivity contribution is 1.08. The first-order chi connectivity index (χ1) is 31.2. The van der Waals surface area contributed by atoms with Crippen LogP contribution in [0.1, 0.15) is 0 Å². The van der Waals surface area contributed by atoms with Gasteiger partial charge in [0.25, 0.3) is 0 Å². The van der Waals surface area contributed by atoms with Gasteiger partial charge in [-0.1, -0.05) is 103 Å². The summed E-state index contributed by atoms with van der Waals surface area (Å²) in [6.07, 6.45) is 5.72. The van der Waals surface area contributed by atoms with Gasteiger partial charge >= 0.3 is 0 Å². The van der Waals surface area contributed by atoms with Crippen LogP contribution in [0.3, 0.4) is 0 Å². The highest BCUT2D eigenvalue weighted by Crippen LogP contribution is 2.40. The molecule has 0 amide bonds. The van der Waals surface area contributed by atoms with Crippen LogP contribution in [0, 0.1) is 0 Å². The molecule has 0 saturated heterocycles. The molecule has 0 aliphatic rings. The number of hydrogen-bond donors (Lipinski definition) is 0. The van der Waals surface area contributed by atoms with Crippen LogP contribution in [0.4, 0.5) is 0 Å². The molecular formula is C56H34N6S. The maximum atomic E-state index is 5.32. The van der Waals surface area contributed by atoms with E-state index in [1.54, 1.807) is 0 Å². The van der Waals surface area contributed by atoms with Crippen molar-refractivity contribution in [2.45, 2.75) is 0 Å². The Labute approximate surface area is 365 Å². The second-order valence-electron chi connectivity index (χ2n) is 15.9. The van der Waals surface area contributed by atoms with Gasteiger partial charge in [-0.3, -0.25) is 9.55 Å². The first-order valence-electron chi connectivity index (χ1n) is 21.0. The summed E-state index contributed by atoms with van der Waals surface area (Å²) in [6, 6.07) is 66.7. The van der Waals surface area contributed by atoms with Crippen LogP contribution in [-0.2, 0) is 0 Å². The van der Waals surface area contributed by atoms with Gasteiger partial charge in [0, 0.05) is 82.7 Å². The number of nitrogens with zero attached hydrogens (tertiary/aromatic N) is 6. The van der Waals surface area contributed by atoms with Gasteiger partial charge in [-0.05, 0) is 96.1 Å². The molecule has 0 atom stereocenters. The van der Waals surface area contributed by atoms with Gasteiger partial charge in [0.15, 0.2) is 5.82 Å². The van der Waals surface area contributed by atoms with E-state index in [4.69, 9.17) is 15.0 Å². The van der Waals surface area contributed by atoms with Gasteiger partial charge in [-0.25, -0.2) is 15.0 Å². The molecule has 0 N–H and O–H groups in total. The molecule has 0 bridgehead atoms. The minimum absolute atomic E-state index is 0.683. The van der Waals surface area contributed by atoms with Crippen LogP contribution in [0.2, 0.25) is 0 Å². The fourth-order valence-corrected chi connectivity index (χ4v) is 10.4. The minimum Gasteiger partial charge on any atom is -0.309 e. The molecule has 0 aliphatic carbocycles. The number of fused-ring (bicyclic) bond motifs is 9. The third-order valence-corrected chi connectivity index (χ3v) is 13.4. The summed E-state index contributed by atoms with van der Waals surface area (Å²) in [4.78, 5) is 19.8. The van der Waals surface area contributed by atoms with Gasteiger partial charge < -0.3 is 4.57 Å². The number of benzene rings is 7. The fourth-order valence-electron chi connectivity index (χ4n) is 9.36. The molecule has 0 unspecified atom stereocenters. The maximum absolute atomic E-state index is 5.32. The predicted octanol–water partition coefficient (Wildman–Crippen LogP) is 14.5. The molecule has 7 aromatic carbocycles. The lowest BCUT2D eigenvalue weighted by atomic mass is 10.0. The van der Waals surface area contributed by atoms with Crippen molar-refractivity contribution in [1.82, 2.24) is 29.1 Å². The molecule has 0 saturated carbocycles. The van der Waals surface area contributed by atoms with Crippen LogP contribution in [-0.4, -0.2) is 29.1 Å². The van der Waals surface area contributed by atoms with E-state index < -0.39 is 0 Å². The maximum Gasteiger partial charge on any atom is 0.159 e. The zero-order valence-electron chi connectivity index (χ0n) is 33.7. The van der Waals surface area contributed by atoms with E-state index in [-0.39, 0.29) is 0 Å². The molecule has 0 fully saturated rings. The van der Waals surface area contributed by atoms with Crippen LogP contribution in [0.15, 0.2) is 207 Å². The van der Waals surface area contributed by atoms with E-state index in [0.717, 1.165) is 88.9 Å². The number of aromatic nitrogens is 6. The Morgan fingerprint density at radius 3 is 1.81 bits per heavy atom. The van der Waals surface area contributed by atoms with Crippen molar-refractivity contribution in [3.63, 3.8) is 0 Å². The van der Waals surface area contributed by atoms with Crippen LogP contribution in [0.5, 0.6) is 0 Å². The van der Waals surface area contributed by atoms with Crippen molar-refractivity contribution in [2.24, 2.45) is 0 Å². The number of rotatable bonds is 6. The van der Waals surface area contributed by atoms with Crippen molar-refractivity contribution in [1.29, 1.82) is 0 Å². The number of thiophene rings is 1. The monoisotopic (exact) mass is 822 g/mol. The van der Waals surface area contributed by atoms with E-state index in [1.165, 1.54) is 25.6 Å². The molecule has 0 spiro atoms. The Morgan fingerprint density at radius 2 is 1.02 bits per heavy atom. The fraction of sp³-hybridized carbons (Fsp3) is 0. The molecule has 6 aromatic heterocycles. The number of para-hydroxylation sites is 2. The zero-order valence-corrected chi connectivity index (χ0v) is 34.5. The Balaban J connectivity index is 0.920. The van der Waals surface area contributed by atoms with Gasteiger partial charge in [0.05, 0.1) is 33.5 Å². The second-order valence-corrected chi connectivity index (χ2v) is 17.0. The average Bonchev–Trinajstić information content (AvgIpc) is 4.01. The average molecular weight is 823 g/mol. The lowest BCUT2D eigenvalue weighted by Gasteiger charge is -2.13. The Hall–Kier alpha value is -8.26. The quantitative estimate of drug-likeness (QED) is 0.168. The summed E-state index contributed by atoms with van der Waals surface area (Å²) >= 11 is 1.81. The summed E-state index contributed by atoms with van der Waals surface area (Å²) in [5.41, 5.74) is 12.7. The zero-order chi connectivity index (χ0) is 41.4. The Bertz CT molecular complexity index is 3860. The van der Waals surface area contributed by atoms with Crippen molar-refractivity contribution in [3.8, 4) is 56.5 Å². The number of hydrogen-bond acceptors (Lipinski definition) is 5. The molecule has 13 aromatic rings. The molecule has 13 rings (SSSR count). The van der Waals surface area contributed by atoms with Crippen LogP contribution >= 0.6 is 11.3 Å². The molecule has 63 heavy (non-hydrogen) atoms. The van der Waals surface area contributed by atoms with Crippen molar-refractivity contribution in [3.05, 3.63) is 207 Å². The Morgan fingerprint density at radius 1 is 0.365 bits per heavy atom. The smallest absolute Gasteiger partial charge is 0.159 e. The largest absolute Gasteiger partial charge is 0.309 e. The summed E-state index contributed by atoms with van der Waals surface area (Å²) in [5, 5.41) is 7.04. The van der Waals surface area contributed by atoms with E-state index in [0.29, 0.717) is 5.82 Å². The SMILES string of the molecule is c1ccc(-c2cc(-c3ccccc3)nc(-n3c4ccccc4c4cc(-c5ccnc(-c6ccc7c(c6)c6ccccc6n7-c6ccc7sc8ccncc8c7c6)n5)ccc43)c2)cc1. The third-order valence-electron chi connectivity index (χ3n) is 12.3. The topological polar surface area (TPSA) is 61.4 Å². The van der Waals surface area contributed by atoms with Crippen molar-refractivity contribution >= 4 is 75.1 Å². The molecule has 6 nitrogen and oxygen atoms in total. The lowest BCUT2D eigenvalue weighted by Crippen LogP contribution is -2.00. The molecule has 0 radical (unpaired) electrons.